The monoisotopic (exact) mass is 311 g/mol. The molecule has 2 N–H and O–H groups in total. The molecular weight excluding hydrogens is 290 g/mol. The van der Waals surface area contributed by atoms with E-state index in [4.69, 9.17) is 4.74 Å². The number of hydrogen-bond acceptors (Lipinski definition) is 5. The van der Waals surface area contributed by atoms with E-state index in [0.29, 0.717) is 24.9 Å². The van der Waals surface area contributed by atoms with Crippen molar-refractivity contribution in [2.24, 2.45) is 5.92 Å². The van der Waals surface area contributed by atoms with Gasteiger partial charge in [0.15, 0.2) is 0 Å². The molecule has 2 aliphatic rings. The van der Waals surface area contributed by atoms with Crippen molar-refractivity contribution in [2.45, 2.75) is 43.2 Å². The van der Waals surface area contributed by atoms with Crippen LogP contribution in [0.4, 0.5) is 5.82 Å². The quantitative estimate of drug-likeness (QED) is 0.829. The number of ether oxygens (including phenoxy) is 1. The number of sulfonamides is 1. The van der Waals surface area contributed by atoms with E-state index >= 15 is 0 Å². The molecule has 0 aromatic carbocycles. The molecule has 21 heavy (non-hydrogen) atoms. The topological polar surface area (TPSA) is 80.3 Å². The molecule has 1 aliphatic heterocycles. The normalized spacial score (nSPS) is 26.0. The van der Waals surface area contributed by atoms with E-state index in [0.717, 1.165) is 19.3 Å². The maximum Gasteiger partial charge on any atom is 0.241 e. The largest absolute Gasteiger partial charge is 0.376 e. The minimum Gasteiger partial charge on any atom is -0.376 e. The number of pyridine rings is 1. The summed E-state index contributed by atoms with van der Waals surface area (Å²) in [6.07, 6.45) is 4.57. The summed E-state index contributed by atoms with van der Waals surface area (Å²) in [5.74, 6) is 1.09. The maximum absolute atomic E-state index is 12.5. The molecule has 1 aromatic rings. The van der Waals surface area contributed by atoms with Crippen LogP contribution in [-0.2, 0) is 14.8 Å². The number of anilines is 1. The Morgan fingerprint density at radius 3 is 2.90 bits per heavy atom. The van der Waals surface area contributed by atoms with Gasteiger partial charge in [0.2, 0.25) is 10.0 Å². The first-order valence-corrected chi connectivity index (χ1v) is 8.92. The van der Waals surface area contributed by atoms with E-state index in [-0.39, 0.29) is 17.0 Å². The highest BCUT2D eigenvalue weighted by Gasteiger charge is 2.42. The third kappa shape index (κ3) is 3.36. The molecular formula is C14H21N3O3S. The summed E-state index contributed by atoms with van der Waals surface area (Å²) >= 11 is 0. The molecule has 2 heterocycles. The lowest BCUT2D eigenvalue weighted by Gasteiger charge is -2.19. The first-order chi connectivity index (χ1) is 10.1. The summed E-state index contributed by atoms with van der Waals surface area (Å²) in [7, 11) is -3.53. The van der Waals surface area contributed by atoms with Crippen LogP contribution < -0.4 is 10.0 Å². The van der Waals surface area contributed by atoms with Crippen molar-refractivity contribution < 1.29 is 13.2 Å². The number of nitrogens with zero attached hydrogens (tertiary/aromatic N) is 1. The smallest absolute Gasteiger partial charge is 0.241 e. The summed E-state index contributed by atoms with van der Waals surface area (Å²) in [5, 5.41) is 3.02. The van der Waals surface area contributed by atoms with Gasteiger partial charge in [0.1, 0.15) is 5.82 Å². The molecule has 0 radical (unpaired) electrons. The summed E-state index contributed by atoms with van der Waals surface area (Å²) in [5.41, 5.74) is 0. The molecule has 1 saturated carbocycles. The Morgan fingerprint density at radius 1 is 1.38 bits per heavy atom. The van der Waals surface area contributed by atoms with Crippen LogP contribution in [0, 0.1) is 5.92 Å². The van der Waals surface area contributed by atoms with Crippen LogP contribution in [0.5, 0.6) is 0 Å². The van der Waals surface area contributed by atoms with Crippen LogP contribution in [0.15, 0.2) is 23.2 Å². The highest BCUT2D eigenvalue weighted by atomic mass is 32.2. The molecule has 116 valence electrons. The van der Waals surface area contributed by atoms with Gasteiger partial charge in [-0.2, -0.15) is 0 Å². The zero-order valence-electron chi connectivity index (χ0n) is 12.1. The summed E-state index contributed by atoms with van der Waals surface area (Å²) in [6, 6.07) is 2.97. The molecule has 1 aromatic heterocycles. The molecule has 0 spiro atoms. The Morgan fingerprint density at radius 2 is 2.19 bits per heavy atom. The molecule has 2 atom stereocenters. The van der Waals surface area contributed by atoms with Crippen molar-refractivity contribution in [2.75, 3.05) is 18.5 Å². The van der Waals surface area contributed by atoms with Crippen molar-refractivity contribution in [3.63, 3.8) is 0 Å². The van der Waals surface area contributed by atoms with E-state index in [1.807, 2.05) is 6.92 Å². The highest BCUT2D eigenvalue weighted by Crippen LogP contribution is 2.39. The van der Waals surface area contributed by atoms with Crippen molar-refractivity contribution in [3.8, 4) is 0 Å². The maximum atomic E-state index is 12.5. The van der Waals surface area contributed by atoms with Gasteiger partial charge in [0, 0.05) is 25.4 Å². The molecule has 7 heteroatoms. The lowest BCUT2D eigenvalue weighted by atomic mass is 10.1. The predicted octanol–water partition coefficient (Wildman–Crippen LogP) is 1.36. The first-order valence-electron chi connectivity index (χ1n) is 7.44. The first kappa shape index (κ1) is 14.7. The van der Waals surface area contributed by atoms with Crippen molar-refractivity contribution >= 4 is 15.8 Å². The van der Waals surface area contributed by atoms with Crippen LogP contribution in [0.2, 0.25) is 0 Å². The van der Waals surface area contributed by atoms with E-state index < -0.39 is 10.0 Å². The lowest BCUT2D eigenvalue weighted by Crippen LogP contribution is -2.41. The van der Waals surface area contributed by atoms with Crippen LogP contribution in [0.25, 0.3) is 0 Å². The fourth-order valence-electron chi connectivity index (χ4n) is 2.75. The summed E-state index contributed by atoms with van der Waals surface area (Å²) in [4.78, 5) is 4.34. The van der Waals surface area contributed by atoms with Crippen LogP contribution in [-0.4, -0.2) is 38.7 Å². The van der Waals surface area contributed by atoms with Gasteiger partial charge in [0.25, 0.3) is 0 Å². The molecule has 2 unspecified atom stereocenters. The van der Waals surface area contributed by atoms with Gasteiger partial charge in [-0.3, -0.25) is 0 Å². The Balaban J connectivity index is 1.75. The Labute approximate surface area is 125 Å². The van der Waals surface area contributed by atoms with Gasteiger partial charge in [-0.25, -0.2) is 18.1 Å². The minimum atomic E-state index is -3.53. The van der Waals surface area contributed by atoms with Gasteiger partial charge in [-0.1, -0.05) is 0 Å². The highest BCUT2D eigenvalue weighted by molar-refractivity contribution is 7.89. The van der Waals surface area contributed by atoms with Crippen molar-refractivity contribution in [1.82, 2.24) is 9.71 Å². The molecule has 0 bridgehead atoms. The second-order valence-electron chi connectivity index (χ2n) is 5.60. The summed E-state index contributed by atoms with van der Waals surface area (Å²) < 4.78 is 33.5. The molecule has 2 fully saturated rings. The number of aromatic nitrogens is 1. The fourth-order valence-corrected chi connectivity index (χ4v) is 4.04. The molecule has 6 nitrogen and oxygen atoms in total. The average molecular weight is 311 g/mol. The van der Waals surface area contributed by atoms with Gasteiger partial charge >= 0.3 is 0 Å². The van der Waals surface area contributed by atoms with E-state index in [9.17, 15) is 8.42 Å². The van der Waals surface area contributed by atoms with Gasteiger partial charge in [-0.15, -0.1) is 0 Å². The second kappa shape index (κ2) is 5.90. The number of hydrogen-bond donors (Lipinski definition) is 2. The van der Waals surface area contributed by atoms with Gasteiger partial charge in [0.05, 0.1) is 17.0 Å². The molecule has 1 saturated heterocycles. The van der Waals surface area contributed by atoms with Crippen LogP contribution in [0.3, 0.4) is 0 Å². The van der Waals surface area contributed by atoms with Crippen molar-refractivity contribution in [1.29, 1.82) is 0 Å². The van der Waals surface area contributed by atoms with Crippen LogP contribution in [0.1, 0.15) is 26.2 Å². The number of nitrogens with one attached hydrogen (secondary N) is 2. The predicted molar refractivity (Wildman–Crippen MR) is 79.6 cm³/mol. The SMILES string of the molecule is CCNc1cc(S(=O)(=O)NC2CCOC2C2CC2)ccn1. The standard InChI is InChI=1S/C14H21N3O3S/c1-2-15-13-9-11(5-7-16-13)21(18,19)17-12-6-8-20-14(12)10-3-4-10/h5,7,9-10,12,14,17H,2-4,6,8H2,1H3,(H,15,16). The summed E-state index contributed by atoms with van der Waals surface area (Å²) in [6.45, 7) is 3.27. The van der Waals surface area contributed by atoms with Gasteiger partial charge < -0.3 is 10.1 Å². The number of rotatable bonds is 6. The Bertz CT molecular complexity index is 601. The Kier molecular flexibility index (Phi) is 4.14. The van der Waals surface area contributed by atoms with Gasteiger partial charge in [-0.05, 0) is 38.2 Å². The van der Waals surface area contributed by atoms with E-state index in [1.165, 1.54) is 12.3 Å². The third-order valence-electron chi connectivity index (χ3n) is 3.93. The van der Waals surface area contributed by atoms with E-state index in [2.05, 4.69) is 15.0 Å². The Hall–Kier alpha value is -1.18. The molecule has 1 aliphatic carbocycles. The zero-order valence-corrected chi connectivity index (χ0v) is 12.9. The van der Waals surface area contributed by atoms with Crippen molar-refractivity contribution in [3.05, 3.63) is 18.3 Å². The minimum absolute atomic E-state index is 0.0369. The average Bonchev–Trinajstić information content (AvgIpc) is 3.20. The molecule has 3 rings (SSSR count). The fraction of sp³-hybridized carbons (Fsp3) is 0.643. The lowest BCUT2D eigenvalue weighted by molar-refractivity contribution is 0.0848. The van der Waals surface area contributed by atoms with Crippen LogP contribution >= 0.6 is 0 Å². The second-order valence-corrected chi connectivity index (χ2v) is 7.31. The third-order valence-corrected chi connectivity index (χ3v) is 5.42. The zero-order chi connectivity index (χ0) is 14.9. The molecule has 0 amide bonds. The van der Waals surface area contributed by atoms with E-state index in [1.54, 1.807) is 6.07 Å².